The zero-order chi connectivity index (χ0) is 6.85. The lowest BCUT2D eigenvalue weighted by atomic mass is 10.2. The molecule has 1 rings (SSSR count). The Bertz CT molecular complexity index is 124. The van der Waals surface area contributed by atoms with Gasteiger partial charge >= 0.3 is 0 Å². The van der Waals surface area contributed by atoms with Crippen LogP contribution in [-0.4, -0.2) is 24.5 Å². The Morgan fingerprint density at radius 3 is 2.67 bits per heavy atom. The molecule has 0 aromatic rings. The molecule has 2 N–H and O–H groups in total. The molecule has 1 aliphatic rings. The van der Waals surface area contributed by atoms with Crippen molar-refractivity contribution in [1.82, 2.24) is 10.6 Å². The number of carbonyl (C=O) groups excluding carboxylic acids is 1. The molecule has 1 fully saturated rings. The second kappa shape index (κ2) is 2.35. The summed E-state index contributed by atoms with van der Waals surface area (Å²) in [6.07, 6.45) is 0. The van der Waals surface area contributed by atoms with Crippen LogP contribution in [0.2, 0.25) is 0 Å². The molecule has 0 aliphatic carbocycles. The van der Waals surface area contributed by atoms with Crippen LogP contribution >= 0.6 is 0 Å². The average molecular weight is 128 g/mol. The number of nitrogens with one attached hydrogen (secondary N) is 2. The maximum Gasteiger partial charge on any atom is 0.237 e. The molecule has 1 amide bonds. The molecule has 1 saturated heterocycles. The van der Waals surface area contributed by atoms with Gasteiger partial charge in [0, 0.05) is 12.6 Å². The summed E-state index contributed by atoms with van der Waals surface area (Å²) in [5, 5.41) is 5.90. The fourth-order valence-electron chi connectivity index (χ4n) is 0.865. The highest BCUT2D eigenvalue weighted by Gasteiger charge is 2.19. The molecular formula is C6H12N2O. The van der Waals surface area contributed by atoms with E-state index in [0.717, 1.165) is 6.54 Å². The van der Waals surface area contributed by atoms with Gasteiger partial charge in [-0.25, -0.2) is 0 Å². The van der Waals surface area contributed by atoms with Gasteiger partial charge in [-0.2, -0.15) is 0 Å². The highest BCUT2D eigenvalue weighted by Crippen LogP contribution is 1.91. The zero-order valence-corrected chi connectivity index (χ0v) is 5.77. The van der Waals surface area contributed by atoms with E-state index in [1.165, 1.54) is 0 Å². The molecule has 52 valence electrons. The van der Waals surface area contributed by atoms with E-state index >= 15 is 0 Å². The topological polar surface area (TPSA) is 41.1 Å². The fourth-order valence-corrected chi connectivity index (χ4v) is 0.865. The van der Waals surface area contributed by atoms with Crippen LogP contribution in [0.5, 0.6) is 0 Å². The van der Waals surface area contributed by atoms with Gasteiger partial charge in [0.1, 0.15) is 0 Å². The van der Waals surface area contributed by atoms with Crippen LogP contribution in [0.3, 0.4) is 0 Å². The maximum absolute atomic E-state index is 10.8. The Balaban J connectivity index is 2.44. The Morgan fingerprint density at radius 1 is 1.56 bits per heavy atom. The van der Waals surface area contributed by atoms with Crippen molar-refractivity contribution >= 4 is 5.91 Å². The van der Waals surface area contributed by atoms with Crippen molar-refractivity contribution in [2.75, 3.05) is 6.54 Å². The lowest BCUT2D eigenvalue weighted by molar-refractivity contribution is -0.124. The van der Waals surface area contributed by atoms with Gasteiger partial charge in [-0.3, -0.25) is 4.79 Å². The summed E-state index contributed by atoms with van der Waals surface area (Å²) < 4.78 is 0. The van der Waals surface area contributed by atoms with Gasteiger partial charge in [0.05, 0.1) is 6.04 Å². The summed E-state index contributed by atoms with van der Waals surface area (Å²) >= 11 is 0. The normalized spacial score (nSPS) is 36.0. The SMILES string of the molecule is C[C@@H]1NC[C@H](C)NC1=O. The van der Waals surface area contributed by atoms with Crippen molar-refractivity contribution < 1.29 is 4.79 Å². The van der Waals surface area contributed by atoms with Crippen LogP contribution in [0.15, 0.2) is 0 Å². The molecule has 0 bridgehead atoms. The standard InChI is InChI=1S/C6H12N2O/c1-4-3-7-5(2)6(9)8-4/h4-5,7H,3H2,1-2H3,(H,8,9)/t4-,5-/m0/s1. The van der Waals surface area contributed by atoms with E-state index in [-0.39, 0.29) is 18.0 Å². The van der Waals surface area contributed by atoms with E-state index in [0.29, 0.717) is 0 Å². The molecule has 0 aromatic heterocycles. The van der Waals surface area contributed by atoms with Gasteiger partial charge in [0.2, 0.25) is 5.91 Å². The van der Waals surface area contributed by atoms with Crippen molar-refractivity contribution in [1.29, 1.82) is 0 Å². The molecule has 0 unspecified atom stereocenters. The van der Waals surface area contributed by atoms with Crippen LogP contribution in [0.25, 0.3) is 0 Å². The van der Waals surface area contributed by atoms with Gasteiger partial charge < -0.3 is 10.6 Å². The van der Waals surface area contributed by atoms with Crippen molar-refractivity contribution in [3.05, 3.63) is 0 Å². The molecule has 0 aromatic carbocycles. The lowest BCUT2D eigenvalue weighted by Crippen LogP contribution is -2.55. The molecular weight excluding hydrogens is 116 g/mol. The number of hydrogen-bond acceptors (Lipinski definition) is 2. The Hall–Kier alpha value is -0.570. The first-order valence-electron chi connectivity index (χ1n) is 3.24. The third-order valence-electron chi connectivity index (χ3n) is 1.51. The van der Waals surface area contributed by atoms with Gasteiger partial charge in [0.15, 0.2) is 0 Å². The highest BCUT2D eigenvalue weighted by molar-refractivity contribution is 5.82. The molecule has 9 heavy (non-hydrogen) atoms. The monoisotopic (exact) mass is 128 g/mol. The van der Waals surface area contributed by atoms with Crippen molar-refractivity contribution in [2.24, 2.45) is 0 Å². The van der Waals surface area contributed by atoms with Crippen LogP contribution < -0.4 is 10.6 Å². The van der Waals surface area contributed by atoms with E-state index in [9.17, 15) is 4.79 Å². The van der Waals surface area contributed by atoms with E-state index in [2.05, 4.69) is 10.6 Å². The van der Waals surface area contributed by atoms with Crippen molar-refractivity contribution in [3.8, 4) is 0 Å². The number of piperazine rings is 1. The molecule has 2 atom stereocenters. The summed E-state index contributed by atoms with van der Waals surface area (Å²) in [4.78, 5) is 10.8. The van der Waals surface area contributed by atoms with Crippen molar-refractivity contribution in [3.63, 3.8) is 0 Å². The van der Waals surface area contributed by atoms with E-state index < -0.39 is 0 Å². The van der Waals surface area contributed by atoms with Gasteiger partial charge in [-0.1, -0.05) is 0 Å². The van der Waals surface area contributed by atoms with E-state index in [1.54, 1.807) is 0 Å². The zero-order valence-electron chi connectivity index (χ0n) is 5.77. The fraction of sp³-hybridized carbons (Fsp3) is 0.833. The minimum atomic E-state index is -0.0128. The number of amides is 1. The summed E-state index contributed by atoms with van der Waals surface area (Å²) in [5.41, 5.74) is 0. The Labute approximate surface area is 54.8 Å². The van der Waals surface area contributed by atoms with Crippen LogP contribution in [0.1, 0.15) is 13.8 Å². The summed E-state index contributed by atoms with van der Waals surface area (Å²) in [7, 11) is 0. The first-order valence-corrected chi connectivity index (χ1v) is 3.24. The molecule has 3 nitrogen and oxygen atoms in total. The van der Waals surface area contributed by atoms with Crippen LogP contribution in [-0.2, 0) is 4.79 Å². The van der Waals surface area contributed by atoms with Crippen molar-refractivity contribution in [2.45, 2.75) is 25.9 Å². The summed E-state index contributed by atoms with van der Waals surface area (Å²) in [6, 6.07) is 0.273. The first kappa shape index (κ1) is 6.55. The number of carbonyl (C=O) groups is 1. The average Bonchev–Trinajstić information content (AvgIpc) is 1.80. The Kier molecular flexibility index (Phi) is 1.71. The van der Waals surface area contributed by atoms with Gasteiger partial charge in [-0.05, 0) is 13.8 Å². The third kappa shape index (κ3) is 1.42. The van der Waals surface area contributed by atoms with Gasteiger partial charge in [-0.15, -0.1) is 0 Å². The number of hydrogen-bond donors (Lipinski definition) is 2. The molecule has 3 heteroatoms. The maximum atomic E-state index is 10.8. The van der Waals surface area contributed by atoms with Gasteiger partial charge in [0.25, 0.3) is 0 Å². The largest absolute Gasteiger partial charge is 0.351 e. The number of rotatable bonds is 0. The van der Waals surface area contributed by atoms with E-state index in [1.807, 2.05) is 13.8 Å². The van der Waals surface area contributed by atoms with E-state index in [4.69, 9.17) is 0 Å². The second-order valence-electron chi connectivity index (χ2n) is 2.54. The molecule has 0 saturated carbocycles. The smallest absolute Gasteiger partial charge is 0.237 e. The Morgan fingerprint density at radius 2 is 2.22 bits per heavy atom. The predicted octanol–water partition coefficient (Wildman–Crippen LogP) is -0.517. The third-order valence-corrected chi connectivity index (χ3v) is 1.51. The molecule has 1 aliphatic heterocycles. The van der Waals surface area contributed by atoms with Crippen LogP contribution in [0.4, 0.5) is 0 Å². The second-order valence-corrected chi connectivity index (χ2v) is 2.54. The molecule has 0 spiro atoms. The molecule has 1 heterocycles. The minimum absolute atomic E-state index is 0.0128. The predicted molar refractivity (Wildman–Crippen MR) is 35.1 cm³/mol. The summed E-state index contributed by atoms with van der Waals surface area (Å²) in [5.74, 6) is 0.105. The first-order chi connectivity index (χ1) is 4.20. The molecule has 0 radical (unpaired) electrons. The lowest BCUT2D eigenvalue weighted by Gasteiger charge is -2.25. The minimum Gasteiger partial charge on any atom is -0.351 e. The highest BCUT2D eigenvalue weighted by atomic mass is 16.2. The van der Waals surface area contributed by atoms with Crippen LogP contribution in [0, 0.1) is 0 Å². The summed E-state index contributed by atoms with van der Waals surface area (Å²) in [6.45, 7) is 4.73. The quantitative estimate of drug-likeness (QED) is 0.461.